The Bertz CT molecular complexity index is 581. The standard InChI is InChI=1S/C15H20N4O/c1-9-4-5-12-11(8-9)14-13(10(2)17-18-14)15(20)19(12)7-3-6-16/h4-5,8,10,13,17H,3,6-7,16H2,1-2H3. The van der Waals surface area contributed by atoms with E-state index in [1.807, 2.05) is 24.0 Å². The first-order valence-electron chi connectivity index (χ1n) is 7.09. The largest absolute Gasteiger partial charge is 0.330 e. The minimum Gasteiger partial charge on any atom is -0.330 e. The summed E-state index contributed by atoms with van der Waals surface area (Å²) in [5.74, 6) is -0.0480. The van der Waals surface area contributed by atoms with E-state index in [-0.39, 0.29) is 17.9 Å². The van der Waals surface area contributed by atoms with E-state index in [0.717, 1.165) is 23.4 Å². The Balaban J connectivity index is 2.09. The SMILES string of the molecule is Cc1ccc2c(c1)C1=NNC(C)C1C(=O)N2CCCN. The van der Waals surface area contributed by atoms with E-state index in [0.29, 0.717) is 13.1 Å². The Kier molecular flexibility index (Phi) is 3.22. The van der Waals surface area contributed by atoms with Gasteiger partial charge in [0.25, 0.3) is 0 Å². The fourth-order valence-corrected chi connectivity index (χ4v) is 2.97. The molecule has 3 rings (SSSR count). The van der Waals surface area contributed by atoms with Crippen LogP contribution in [0.4, 0.5) is 5.69 Å². The van der Waals surface area contributed by atoms with Crippen LogP contribution in [0.15, 0.2) is 23.3 Å². The molecule has 2 unspecified atom stereocenters. The second kappa shape index (κ2) is 4.90. The van der Waals surface area contributed by atoms with Gasteiger partial charge in [-0.3, -0.25) is 4.79 Å². The van der Waals surface area contributed by atoms with Crippen LogP contribution in [0, 0.1) is 12.8 Å². The predicted molar refractivity (Wildman–Crippen MR) is 79.8 cm³/mol. The first-order valence-corrected chi connectivity index (χ1v) is 7.09. The van der Waals surface area contributed by atoms with Crippen LogP contribution in [-0.2, 0) is 4.79 Å². The van der Waals surface area contributed by atoms with Crippen molar-refractivity contribution < 1.29 is 4.79 Å². The van der Waals surface area contributed by atoms with Crippen molar-refractivity contribution in [3.05, 3.63) is 29.3 Å². The summed E-state index contributed by atoms with van der Waals surface area (Å²) in [6.45, 7) is 5.32. The summed E-state index contributed by atoms with van der Waals surface area (Å²) in [5.41, 5.74) is 12.7. The molecule has 1 aromatic carbocycles. The number of benzene rings is 1. The maximum atomic E-state index is 12.7. The average molecular weight is 272 g/mol. The molecule has 0 saturated carbocycles. The third-order valence-electron chi connectivity index (χ3n) is 4.02. The van der Waals surface area contributed by atoms with Crippen molar-refractivity contribution in [3.63, 3.8) is 0 Å². The van der Waals surface area contributed by atoms with Crippen molar-refractivity contribution in [2.24, 2.45) is 16.8 Å². The Morgan fingerprint density at radius 1 is 1.45 bits per heavy atom. The minimum atomic E-state index is -0.179. The van der Waals surface area contributed by atoms with Gasteiger partial charge in [0.2, 0.25) is 5.91 Å². The zero-order valence-corrected chi connectivity index (χ0v) is 11.9. The van der Waals surface area contributed by atoms with E-state index in [2.05, 4.69) is 23.5 Å². The number of carbonyl (C=O) groups excluding carboxylic acids is 1. The van der Waals surface area contributed by atoms with Gasteiger partial charge in [-0.15, -0.1) is 0 Å². The van der Waals surface area contributed by atoms with Gasteiger partial charge in [-0.2, -0.15) is 5.10 Å². The first-order chi connectivity index (χ1) is 9.63. The maximum absolute atomic E-state index is 12.7. The fourth-order valence-electron chi connectivity index (χ4n) is 2.97. The second-order valence-corrected chi connectivity index (χ2v) is 5.55. The summed E-state index contributed by atoms with van der Waals surface area (Å²) in [6.07, 6.45) is 0.806. The molecule has 106 valence electrons. The lowest BCUT2D eigenvalue weighted by molar-refractivity contribution is -0.121. The summed E-state index contributed by atoms with van der Waals surface area (Å²) in [5, 5.41) is 4.38. The van der Waals surface area contributed by atoms with Gasteiger partial charge in [-0.25, -0.2) is 0 Å². The molecule has 0 aliphatic carbocycles. The topological polar surface area (TPSA) is 70.7 Å². The Labute approximate surface area is 118 Å². The minimum absolute atomic E-state index is 0.0477. The summed E-state index contributed by atoms with van der Waals surface area (Å²) in [4.78, 5) is 14.6. The highest BCUT2D eigenvalue weighted by molar-refractivity contribution is 6.24. The molecular formula is C15H20N4O. The van der Waals surface area contributed by atoms with E-state index in [1.165, 1.54) is 5.56 Å². The number of rotatable bonds is 3. The molecule has 20 heavy (non-hydrogen) atoms. The molecule has 2 aliphatic heterocycles. The van der Waals surface area contributed by atoms with E-state index >= 15 is 0 Å². The van der Waals surface area contributed by atoms with Crippen molar-refractivity contribution in [3.8, 4) is 0 Å². The number of carbonyl (C=O) groups is 1. The van der Waals surface area contributed by atoms with Crippen molar-refractivity contribution in [2.45, 2.75) is 26.3 Å². The highest BCUT2D eigenvalue weighted by Gasteiger charge is 2.43. The molecule has 3 N–H and O–H groups in total. The van der Waals surface area contributed by atoms with E-state index in [1.54, 1.807) is 0 Å². The van der Waals surface area contributed by atoms with E-state index in [4.69, 9.17) is 5.73 Å². The van der Waals surface area contributed by atoms with Crippen molar-refractivity contribution >= 4 is 17.3 Å². The predicted octanol–water partition coefficient (Wildman–Crippen LogP) is 1.00. The molecule has 0 bridgehead atoms. The van der Waals surface area contributed by atoms with Gasteiger partial charge in [0.05, 0.1) is 17.4 Å². The van der Waals surface area contributed by atoms with Gasteiger partial charge in [0.1, 0.15) is 5.92 Å². The van der Waals surface area contributed by atoms with Crippen LogP contribution in [0.25, 0.3) is 0 Å². The van der Waals surface area contributed by atoms with E-state index in [9.17, 15) is 4.79 Å². The second-order valence-electron chi connectivity index (χ2n) is 5.55. The summed E-state index contributed by atoms with van der Waals surface area (Å²) >= 11 is 0. The number of hydrogen-bond acceptors (Lipinski definition) is 4. The normalized spacial score (nSPS) is 24.1. The molecule has 5 heteroatoms. The zero-order chi connectivity index (χ0) is 14.3. The lowest BCUT2D eigenvalue weighted by Crippen LogP contribution is -2.48. The van der Waals surface area contributed by atoms with Crippen molar-refractivity contribution in [1.82, 2.24) is 5.43 Å². The third kappa shape index (κ3) is 1.89. The summed E-state index contributed by atoms with van der Waals surface area (Å²) in [7, 11) is 0. The molecule has 1 aromatic rings. The molecule has 0 saturated heterocycles. The number of nitrogens with one attached hydrogen (secondary N) is 1. The third-order valence-corrected chi connectivity index (χ3v) is 4.02. The van der Waals surface area contributed by atoms with Gasteiger partial charge < -0.3 is 16.1 Å². The van der Waals surface area contributed by atoms with Crippen molar-refractivity contribution in [1.29, 1.82) is 0 Å². The van der Waals surface area contributed by atoms with Crippen LogP contribution in [0.1, 0.15) is 24.5 Å². The molecular weight excluding hydrogens is 252 g/mol. The zero-order valence-electron chi connectivity index (χ0n) is 11.9. The number of nitrogens with zero attached hydrogens (tertiary/aromatic N) is 2. The molecule has 0 spiro atoms. The molecule has 1 amide bonds. The smallest absolute Gasteiger partial charge is 0.238 e. The molecule has 0 radical (unpaired) electrons. The highest BCUT2D eigenvalue weighted by atomic mass is 16.2. The Hall–Kier alpha value is -1.88. The van der Waals surface area contributed by atoms with Crippen molar-refractivity contribution in [2.75, 3.05) is 18.0 Å². The lowest BCUT2D eigenvalue weighted by atomic mass is 9.85. The fraction of sp³-hybridized carbons (Fsp3) is 0.467. The molecule has 2 aliphatic rings. The average Bonchev–Trinajstić information content (AvgIpc) is 2.82. The molecule has 0 aromatic heterocycles. The molecule has 0 fully saturated rings. The van der Waals surface area contributed by atoms with Gasteiger partial charge in [0, 0.05) is 12.1 Å². The number of anilines is 1. The highest BCUT2D eigenvalue weighted by Crippen LogP contribution is 2.35. The number of hydrazone groups is 1. The van der Waals surface area contributed by atoms with Crippen LogP contribution >= 0.6 is 0 Å². The molecule has 2 atom stereocenters. The van der Waals surface area contributed by atoms with Gasteiger partial charge in [0.15, 0.2) is 0 Å². The Morgan fingerprint density at radius 3 is 3.00 bits per heavy atom. The van der Waals surface area contributed by atoms with Gasteiger partial charge >= 0.3 is 0 Å². The van der Waals surface area contributed by atoms with E-state index < -0.39 is 0 Å². The monoisotopic (exact) mass is 272 g/mol. The first kappa shape index (κ1) is 13.1. The summed E-state index contributed by atoms with van der Waals surface area (Å²) in [6, 6.07) is 6.21. The number of amides is 1. The van der Waals surface area contributed by atoms with Crippen LogP contribution in [0.2, 0.25) is 0 Å². The van der Waals surface area contributed by atoms with Gasteiger partial charge in [-0.05, 0) is 38.9 Å². The lowest BCUT2D eigenvalue weighted by Gasteiger charge is -2.34. The maximum Gasteiger partial charge on any atom is 0.238 e. The molecule has 5 nitrogen and oxygen atoms in total. The summed E-state index contributed by atoms with van der Waals surface area (Å²) < 4.78 is 0. The number of nitrogens with two attached hydrogens (primary N) is 1. The quantitative estimate of drug-likeness (QED) is 0.862. The molecule has 2 heterocycles. The number of hydrogen-bond donors (Lipinski definition) is 2. The van der Waals surface area contributed by atoms with Crippen LogP contribution in [-0.4, -0.2) is 30.8 Å². The van der Waals surface area contributed by atoms with Crippen LogP contribution in [0.3, 0.4) is 0 Å². The van der Waals surface area contributed by atoms with Crippen LogP contribution in [0.5, 0.6) is 0 Å². The van der Waals surface area contributed by atoms with Crippen LogP contribution < -0.4 is 16.1 Å². The number of fused-ring (bicyclic) bond motifs is 3. The number of aryl methyl sites for hydroxylation is 1. The Morgan fingerprint density at radius 2 is 2.25 bits per heavy atom. The van der Waals surface area contributed by atoms with Gasteiger partial charge in [-0.1, -0.05) is 11.6 Å².